The molecule has 4 rings (SSSR count). The van der Waals surface area contributed by atoms with Gasteiger partial charge < -0.3 is 19.3 Å². The van der Waals surface area contributed by atoms with E-state index < -0.39 is 0 Å². The summed E-state index contributed by atoms with van der Waals surface area (Å²) < 4.78 is 16.7. The van der Waals surface area contributed by atoms with Crippen molar-refractivity contribution in [3.8, 4) is 11.5 Å². The summed E-state index contributed by atoms with van der Waals surface area (Å²) in [5.74, 6) is 1.67. The first-order valence-corrected chi connectivity index (χ1v) is 8.81. The van der Waals surface area contributed by atoms with Gasteiger partial charge in [0.05, 0.1) is 5.69 Å². The number of fused-ring (bicyclic) bond motifs is 2. The van der Waals surface area contributed by atoms with Gasteiger partial charge in [-0.05, 0) is 36.2 Å². The molecular formula is C20H22N2O3. The zero-order chi connectivity index (χ0) is 17.1. The van der Waals surface area contributed by atoms with E-state index in [0.29, 0.717) is 13.2 Å². The second kappa shape index (κ2) is 7.15. The van der Waals surface area contributed by atoms with Crippen LogP contribution in [0, 0.1) is 0 Å². The third kappa shape index (κ3) is 3.33. The van der Waals surface area contributed by atoms with Gasteiger partial charge in [-0.2, -0.15) is 0 Å². The molecule has 130 valence electrons. The molecule has 1 aliphatic rings. The van der Waals surface area contributed by atoms with Crippen molar-refractivity contribution in [2.45, 2.75) is 25.8 Å². The molecule has 0 saturated heterocycles. The average Bonchev–Trinajstić information content (AvgIpc) is 3.08. The van der Waals surface area contributed by atoms with Crippen LogP contribution in [0.4, 0.5) is 0 Å². The van der Waals surface area contributed by atoms with E-state index in [9.17, 15) is 0 Å². The molecule has 5 nitrogen and oxygen atoms in total. The summed E-state index contributed by atoms with van der Waals surface area (Å²) in [6.07, 6.45) is 1.83. The molecule has 0 fully saturated rings. The summed E-state index contributed by atoms with van der Waals surface area (Å²) in [5.41, 5.74) is 3.06. The van der Waals surface area contributed by atoms with Crippen LogP contribution < -0.4 is 14.8 Å². The van der Waals surface area contributed by atoms with Gasteiger partial charge in [0.15, 0.2) is 17.1 Å². The second-order valence-electron chi connectivity index (χ2n) is 6.19. The zero-order valence-corrected chi connectivity index (χ0v) is 14.3. The number of aromatic nitrogens is 1. The maximum atomic E-state index is 5.70. The molecule has 1 N–H and O–H groups in total. The number of hydrogen-bond donors (Lipinski definition) is 1. The molecule has 0 radical (unpaired) electrons. The second-order valence-corrected chi connectivity index (χ2v) is 6.19. The van der Waals surface area contributed by atoms with Crippen LogP contribution >= 0.6 is 0 Å². The van der Waals surface area contributed by atoms with Crippen LogP contribution in [-0.2, 0) is 6.42 Å². The number of para-hydroxylation sites is 1. The molecule has 0 amide bonds. The molecule has 1 unspecified atom stereocenters. The van der Waals surface area contributed by atoms with Crippen molar-refractivity contribution in [1.29, 1.82) is 0 Å². The Labute approximate surface area is 146 Å². The zero-order valence-electron chi connectivity index (χ0n) is 14.3. The summed E-state index contributed by atoms with van der Waals surface area (Å²) in [5, 5.41) is 8.91. The standard InChI is InChI=1S/C20H22N2O3/c1-2-16(14-7-8-19-20(13-14)24-12-11-23-19)21-10-9-17-15-5-3-4-6-18(15)25-22-17/h3-8,13,16,21H,2,9-12H2,1H3. The Morgan fingerprint density at radius 2 is 1.92 bits per heavy atom. The van der Waals surface area contributed by atoms with Crippen molar-refractivity contribution >= 4 is 11.0 Å². The molecule has 1 aromatic heterocycles. The van der Waals surface area contributed by atoms with Gasteiger partial charge in [0.1, 0.15) is 13.2 Å². The molecule has 0 saturated carbocycles. The molecule has 2 aromatic carbocycles. The lowest BCUT2D eigenvalue weighted by molar-refractivity contribution is 0.171. The van der Waals surface area contributed by atoms with E-state index in [-0.39, 0.29) is 6.04 Å². The van der Waals surface area contributed by atoms with E-state index >= 15 is 0 Å². The Kier molecular flexibility index (Phi) is 4.57. The van der Waals surface area contributed by atoms with E-state index in [0.717, 1.165) is 47.5 Å². The quantitative estimate of drug-likeness (QED) is 0.739. The highest BCUT2D eigenvalue weighted by molar-refractivity contribution is 5.79. The summed E-state index contributed by atoms with van der Waals surface area (Å²) in [6.45, 7) is 4.25. The minimum atomic E-state index is 0.272. The predicted octanol–water partition coefficient (Wildman–Crippen LogP) is 3.88. The van der Waals surface area contributed by atoms with Crippen LogP contribution in [0.15, 0.2) is 47.0 Å². The van der Waals surface area contributed by atoms with Crippen molar-refractivity contribution < 1.29 is 14.0 Å². The van der Waals surface area contributed by atoms with Crippen molar-refractivity contribution in [3.63, 3.8) is 0 Å². The van der Waals surface area contributed by atoms with Gasteiger partial charge in [-0.1, -0.05) is 30.3 Å². The van der Waals surface area contributed by atoms with Gasteiger partial charge in [0.2, 0.25) is 0 Å². The number of benzene rings is 2. The number of rotatable bonds is 6. The van der Waals surface area contributed by atoms with Crippen molar-refractivity contribution in [2.75, 3.05) is 19.8 Å². The fraction of sp³-hybridized carbons (Fsp3) is 0.350. The Morgan fingerprint density at radius 3 is 2.80 bits per heavy atom. The Balaban J connectivity index is 1.42. The molecule has 1 atom stereocenters. The fourth-order valence-electron chi connectivity index (χ4n) is 3.26. The van der Waals surface area contributed by atoms with Gasteiger partial charge >= 0.3 is 0 Å². The Hall–Kier alpha value is -2.53. The van der Waals surface area contributed by atoms with Crippen LogP contribution in [0.25, 0.3) is 11.0 Å². The van der Waals surface area contributed by atoms with Gasteiger partial charge in [0.25, 0.3) is 0 Å². The van der Waals surface area contributed by atoms with Crippen molar-refractivity contribution in [1.82, 2.24) is 10.5 Å². The molecular weight excluding hydrogens is 316 g/mol. The van der Waals surface area contributed by atoms with Crippen LogP contribution in [0.1, 0.15) is 30.6 Å². The van der Waals surface area contributed by atoms with Gasteiger partial charge in [-0.25, -0.2) is 0 Å². The molecule has 0 spiro atoms. The minimum absolute atomic E-state index is 0.272. The van der Waals surface area contributed by atoms with E-state index in [4.69, 9.17) is 14.0 Å². The topological polar surface area (TPSA) is 56.5 Å². The van der Waals surface area contributed by atoms with Crippen molar-refractivity contribution in [2.24, 2.45) is 0 Å². The van der Waals surface area contributed by atoms with Gasteiger partial charge in [0, 0.05) is 24.4 Å². The van der Waals surface area contributed by atoms with E-state index in [1.54, 1.807) is 0 Å². The molecule has 2 heterocycles. The highest BCUT2D eigenvalue weighted by Crippen LogP contribution is 2.33. The lowest BCUT2D eigenvalue weighted by atomic mass is 10.0. The lowest BCUT2D eigenvalue weighted by Crippen LogP contribution is -2.24. The largest absolute Gasteiger partial charge is 0.486 e. The predicted molar refractivity (Wildman–Crippen MR) is 96.2 cm³/mol. The van der Waals surface area contributed by atoms with Crippen molar-refractivity contribution in [3.05, 3.63) is 53.7 Å². The maximum absolute atomic E-state index is 5.70. The van der Waals surface area contributed by atoms with E-state index in [2.05, 4.69) is 35.6 Å². The highest BCUT2D eigenvalue weighted by Gasteiger charge is 2.16. The first-order chi connectivity index (χ1) is 12.3. The molecule has 0 aliphatic carbocycles. The van der Waals surface area contributed by atoms with Crippen LogP contribution in [0.5, 0.6) is 11.5 Å². The summed E-state index contributed by atoms with van der Waals surface area (Å²) in [4.78, 5) is 0. The van der Waals surface area contributed by atoms with E-state index in [1.807, 2.05) is 24.3 Å². The molecule has 1 aliphatic heterocycles. The Morgan fingerprint density at radius 1 is 1.08 bits per heavy atom. The molecule has 3 aromatic rings. The number of nitrogens with zero attached hydrogens (tertiary/aromatic N) is 1. The first-order valence-electron chi connectivity index (χ1n) is 8.81. The molecule has 0 bridgehead atoms. The summed E-state index contributed by atoms with van der Waals surface area (Å²) in [7, 11) is 0. The number of nitrogens with one attached hydrogen (secondary N) is 1. The SMILES string of the molecule is CCC(NCCc1noc2ccccc12)c1ccc2c(c1)OCCO2. The summed E-state index contributed by atoms with van der Waals surface area (Å²) >= 11 is 0. The number of hydrogen-bond acceptors (Lipinski definition) is 5. The minimum Gasteiger partial charge on any atom is -0.486 e. The average molecular weight is 338 g/mol. The van der Waals surface area contributed by atoms with Gasteiger partial charge in [-0.15, -0.1) is 0 Å². The van der Waals surface area contributed by atoms with Gasteiger partial charge in [-0.3, -0.25) is 0 Å². The maximum Gasteiger partial charge on any atom is 0.167 e. The molecule has 5 heteroatoms. The first kappa shape index (κ1) is 16.0. The monoisotopic (exact) mass is 338 g/mol. The summed E-state index contributed by atoms with van der Waals surface area (Å²) in [6, 6.07) is 14.4. The van der Waals surface area contributed by atoms with Crippen LogP contribution in [0.3, 0.4) is 0 Å². The number of ether oxygens (including phenoxy) is 2. The molecule has 25 heavy (non-hydrogen) atoms. The highest BCUT2D eigenvalue weighted by atomic mass is 16.6. The Bertz CT molecular complexity index is 859. The fourth-order valence-corrected chi connectivity index (χ4v) is 3.26. The smallest absolute Gasteiger partial charge is 0.167 e. The third-order valence-corrected chi connectivity index (χ3v) is 4.58. The third-order valence-electron chi connectivity index (χ3n) is 4.58. The lowest BCUT2D eigenvalue weighted by Gasteiger charge is -2.22. The van der Waals surface area contributed by atoms with Crippen LogP contribution in [0.2, 0.25) is 0 Å². The van der Waals surface area contributed by atoms with E-state index in [1.165, 1.54) is 5.56 Å². The van der Waals surface area contributed by atoms with Crippen LogP contribution in [-0.4, -0.2) is 24.9 Å². The normalized spacial score (nSPS) is 14.6.